The van der Waals surface area contributed by atoms with Crippen molar-refractivity contribution >= 4 is 22.8 Å². The van der Waals surface area contributed by atoms with Gasteiger partial charge in [-0.25, -0.2) is 0 Å². The van der Waals surface area contributed by atoms with E-state index in [1.165, 1.54) is 18.2 Å². The number of hydrogen-bond donors (Lipinski definition) is 2. The van der Waals surface area contributed by atoms with Crippen molar-refractivity contribution in [2.45, 2.75) is 32.4 Å². The number of nitro groups is 1. The molecule has 0 saturated carbocycles. The second-order valence-electron chi connectivity index (χ2n) is 4.95. The Bertz CT molecular complexity index is 618. The Hall–Kier alpha value is -2.15. The molecule has 0 amide bonds. The van der Waals surface area contributed by atoms with Crippen molar-refractivity contribution in [1.29, 1.82) is 0 Å². The summed E-state index contributed by atoms with van der Waals surface area (Å²) in [5.74, 6) is 0. The fourth-order valence-electron chi connectivity index (χ4n) is 1.46. The summed E-state index contributed by atoms with van der Waals surface area (Å²) in [5, 5.41) is 23.2. The molecule has 0 spiro atoms. The lowest BCUT2D eigenvalue weighted by atomic mass is 9.99. The van der Waals surface area contributed by atoms with Gasteiger partial charge < -0.3 is 14.8 Å². The third kappa shape index (κ3) is 2.65. The summed E-state index contributed by atoms with van der Waals surface area (Å²) in [7, 11) is 0. The number of nitro benzene ring substituents is 1. The fraction of sp³-hybridized carbons (Fsp3) is 0.417. The zero-order valence-corrected chi connectivity index (χ0v) is 10.9. The average Bonchev–Trinajstić information content (AvgIpc) is 2.68. The van der Waals surface area contributed by atoms with Crippen molar-refractivity contribution in [2.24, 2.45) is 0 Å². The number of anilines is 1. The number of nitrogens with one attached hydrogen (secondary N) is 1. The van der Waals surface area contributed by atoms with Crippen LogP contribution in [0.25, 0.3) is 11.1 Å². The van der Waals surface area contributed by atoms with Gasteiger partial charge in [0, 0.05) is 12.1 Å². The van der Waals surface area contributed by atoms with Crippen molar-refractivity contribution in [2.75, 3.05) is 5.32 Å². The molecule has 1 aromatic carbocycles. The molecule has 1 heterocycles. The Morgan fingerprint density at radius 2 is 2.21 bits per heavy atom. The molecule has 0 radical (unpaired) electrons. The Morgan fingerprint density at radius 3 is 2.79 bits per heavy atom. The molecule has 0 aliphatic carbocycles. The number of aromatic nitrogens is 1. The van der Waals surface area contributed by atoms with E-state index >= 15 is 0 Å². The number of fused-ring (bicyclic) bond motifs is 1. The standard InChI is InChI=1S/C12H15N3O4/c1-7(16)12(2,3)14-11-13-9-6-8(15(17)18)4-5-10(9)19-11/h4-7,16H,1-3H3,(H,13,14). The second kappa shape index (κ2) is 4.51. The van der Waals surface area contributed by atoms with E-state index in [1.807, 2.05) is 0 Å². The average molecular weight is 265 g/mol. The molecule has 2 rings (SSSR count). The Balaban J connectivity index is 2.34. The molecule has 19 heavy (non-hydrogen) atoms. The normalized spacial score (nSPS) is 13.5. The quantitative estimate of drug-likeness (QED) is 0.649. The minimum absolute atomic E-state index is 0.0397. The Labute approximate surface area is 109 Å². The minimum Gasteiger partial charge on any atom is -0.424 e. The molecule has 1 atom stereocenters. The lowest BCUT2D eigenvalue weighted by Crippen LogP contribution is -2.41. The van der Waals surface area contributed by atoms with E-state index in [2.05, 4.69) is 10.3 Å². The van der Waals surface area contributed by atoms with Crippen LogP contribution < -0.4 is 5.32 Å². The molecule has 7 heteroatoms. The molecule has 0 saturated heterocycles. The van der Waals surface area contributed by atoms with E-state index in [9.17, 15) is 15.2 Å². The highest BCUT2D eigenvalue weighted by atomic mass is 16.6. The molecule has 0 bridgehead atoms. The molecule has 2 N–H and O–H groups in total. The van der Waals surface area contributed by atoms with Crippen molar-refractivity contribution in [1.82, 2.24) is 4.98 Å². The SMILES string of the molecule is CC(O)C(C)(C)Nc1nc2cc([N+](=O)[O-])ccc2o1. The van der Waals surface area contributed by atoms with Gasteiger partial charge >= 0.3 is 0 Å². The van der Waals surface area contributed by atoms with Gasteiger partial charge in [0.1, 0.15) is 5.52 Å². The molecular formula is C12H15N3O4. The zero-order chi connectivity index (χ0) is 14.2. The second-order valence-corrected chi connectivity index (χ2v) is 4.95. The first-order valence-electron chi connectivity index (χ1n) is 5.81. The Kier molecular flexibility index (Phi) is 3.15. The molecule has 0 aliphatic heterocycles. The third-order valence-electron chi connectivity index (χ3n) is 3.06. The van der Waals surface area contributed by atoms with Gasteiger partial charge in [0.05, 0.1) is 16.6 Å². The van der Waals surface area contributed by atoms with Crippen LogP contribution in [0.4, 0.5) is 11.7 Å². The summed E-state index contributed by atoms with van der Waals surface area (Å²) in [6, 6.07) is 4.43. The van der Waals surface area contributed by atoms with Gasteiger partial charge in [-0.1, -0.05) is 0 Å². The number of benzene rings is 1. The summed E-state index contributed by atoms with van der Waals surface area (Å²) in [4.78, 5) is 14.3. The number of non-ortho nitro benzene ring substituents is 1. The maximum Gasteiger partial charge on any atom is 0.296 e. The van der Waals surface area contributed by atoms with E-state index < -0.39 is 16.6 Å². The predicted octanol–water partition coefficient (Wildman–Crippen LogP) is 2.31. The number of hydrogen-bond acceptors (Lipinski definition) is 6. The highest BCUT2D eigenvalue weighted by Gasteiger charge is 2.26. The molecule has 2 aromatic rings. The van der Waals surface area contributed by atoms with Gasteiger partial charge in [-0.3, -0.25) is 10.1 Å². The topological polar surface area (TPSA) is 101 Å². The summed E-state index contributed by atoms with van der Waals surface area (Å²) in [6.07, 6.45) is -0.614. The largest absolute Gasteiger partial charge is 0.424 e. The van der Waals surface area contributed by atoms with Crippen LogP contribution in [-0.2, 0) is 0 Å². The lowest BCUT2D eigenvalue weighted by molar-refractivity contribution is -0.384. The van der Waals surface area contributed by atoms with E-state index in [0.29, 0.717) is 11.1 Å². The van der Waals surface area contributed by atoms with Crippen molar-refractivity contribution < 1.29 is 14.4 Å². The number of aliphatic hydroxyl groups is 1. The minimum atomic E-state index is -0.618. The summed E-state index contributed by atoms with van der Waals surface area (Å²) < 4.78 is 5.43. The van der Waals surface area contributed by atoms with E-state index in [-0.39, 0.29) is 11.7 Å². The van der Waals surface area contributed by atoms with Crippen LogP contribution in [0.5, 0.6) is 0 Å². The highest BCUT2D eigenvalue weighted by molar-refractivity contribution is 5.77. The summed E-state index contributed by atoms with van der Waals surface area (Å²) in [6.45, 7) is 5.25. The van der Waals surface area contributed by atoms with Crippen LogP contribution in [0, 0.1) is 10.1 Å². The summed E-state index contributed by atoms with van der Waals surface area (Å²) in [5.41, 5.74) is 0.196. The maximum absolute atomic E-state index is 10.7. The highest BCUT2D eigenvalue weighted by Crippen LogP contribution is 2.25. The molecule has 7 nitrogen and oxygen atoms in total. The number of nitrogens with zero attached hydrogens (tertiary/aromatic N) is 2. The van der Waals surface area contributed by atoms with E-state index in [0.717, 1.165) is 0 Å². The van der Waals surface area contributed by atoms with Gasteiger partial charge in [0.25, 0.3) is 11.7 Å². The van der Waals surface area contributed by atoms with Crippen LogP contribution in [0.2, 0.25) is 0 Å². The van der Waals surface area contributed by atoms with Crippen LogP contribution in [0.15, 0.2) is 22.6 Å². The zero-order valence-electron chi connectivity index (χ0n) is 10.9. The van der Waals surface area contributed by atoms with Crippen molar-refractivity contribution in [3.8, 4) is 0 Å². The van der Waals surface area contributed by atoms with Gasteiger partial charge in [-0.05, 0) is 26.8 Å². The van der Waals surface area contributed by atoms with Crippen LogP contribution in [0.1, 0.15) is 20.8 Å². The first kappa shape index (κ1) is 13.3. The molecule has 0 aliphatic rings. The first-order chi connectivity index (χ1) is 8.79. The van der Waals surface area contributed by atoms with Crippen LogP contribution in [0.3, 0.4) is 0 Å². The van der Waals surface area contributed by atoms with Crippen molar-refractivity contribution in [3.63, 3.8) is 0 Å². The smallest absolute Gasteiger partial charge is 0.296 e. The van der Waals surface area contributed by atoms with E-state index in [4.69, 9.17) is 4.42 Å². The predicted molar refractivity (Wildman–Crippen MR) is 70.0 cm³/mol. The Morgan fingerprint density at radius 1 is 1.53 bits per heavy atom. The number of aliphatic hydroxyl groups excluding tert-OH is 1. The van der Waals surface area contributed by atoms with Gasteiger partial charge in [0.15, 0.2) is 5.58 Å². The number of rotatable bonds is 4. The first-order valence-corrected chi connectivity index (χ1v) is 5.81. The molecule has 102 valence electrons. The van der Waals surface area contributed by atoms with Gasteiger partial charge in [-0.15, -0.1) is 0 Å². The van der Waals surface area contributed by atoms with Crippen LogP contribution in [-0.4, -0.2) is 26.7 Å². The molecular weight excluding hydrogens is 250 g/mol. The third-order valence-corrected chi connectivity index (χ3v) is 3.06. The maximum atomic E-state index is 10.7. The van der Waals surface area contributed by atoms with Crippen molar-refractivity contribution in [3.05, 3.63) is 28.3 Å². The molecule has 0 fully saturated rings. The van der Waals surface area contributed by atoms with Gasteiger partial charge in [0.2, 0.25) is 0 Å². The lowest BCUT2D eigenvalue weighted by Gasteiger charge is -2.28. The van der Waals surface area contributed by atoms with E-state index in [1.54, 1.807) is 20.8 Å². The molecule has 1 unspecified atom stereocenters. The fourth-order valence-corrected chi connectivity index (χ4v) is 1.46. The van der Waals surface area contributed by atoms with Crippen LogP contribution >= 0.6 is 0 Å². The monoisotopic (exact) mass is 265 g/mol. The number of oxazole rings is 1. The van der Waals surface area contributed by atoms with Gasteiger partial charge in [-0.2, -0.15) is 4.98 Å². The molecule has 1 aromatic heterocycles. The summed E-state index contributed by atoms with van der Waals surface area (Å²) >= 11 is 0.